The van der Waals surface area contributed by atoms with Crippen molar-refractivity contribution in [1.82, 2.24) is 5.06 Å². The standard InChI is InChI=1S/C7H13NO/c1-2-5-8-7(3-1)4-6-9-8/h7H,1-6H2. The average molecular weight is 127 g/mol. The summed E-state index contributed by atoms with van der Waals surface area (Å²) in [7, 11) is 0. The van der Waals surface area contributed by atoms with Crippen molar-refractivity contribution in [2.24, 2.45) is 0 Å². The normalized spacial score (nSPS) is 36.7. The molecule has 1 atom stereocenters. The maximum Gasteiger partial charge on any atom is 0.0701 e. The molecule has 0 amide bonds. The predicted molar refractivity (Wildman–Crippen MR) is 34.9 cm³/mol. The van der Waals surface area contributed by atoms with Gasteiger partial charge in [-0.25, -0.2) is 0 Å². The van der Waals surface area contributed by atoms with Crippen LogP contribution in [-0.4, -0.2) is 24.3 Å². The summed E-state index contributed by atoms with van der Waals surface area (Å²) in [6, 6.07) is 0.777. The number of piperidine rings is 1. The van der Waals surface area contributed by atoms with Gasteiger partial charge in [-0.15, -0.1) is 0 Å². The molecule has 2 aliphatic heterocycles. The fraction of sp³-hybridized carbons (Fsp3) is 1.00. The van der Waals surface area contributed by atoms with Gasteiger partial charge >= 0.3 is 0 Å². The highest BCUT2D eigenvalue weighted by Crippen LogP contribution is 2.24. The van der Waals surface area contributed by atoms with Crippen LogP contribution in [0.4, 0.5) is 0 Å². The van der Waals surface area contributed by atoms with E-state index in [1.54, 1.807) is 0 Å². The van der Waals surface area contributed by atoms with E-state index in [9.17, 15) is 0 Å². The molecule has 0 saturated carbocycles. The molecule has 0 spiro atoms. The lowest BCUT2D eigenvalue weighted by Crippen LogP contribution is -2.32. The molecule has 2 saturated heterocycles. The summed E-state index contributed by atoms with van der Waals surface area (Å²) >= 11 is 0. The predicted octanol–water partition coefficient (Wildman–Crippen LogP) is 1.18. The molecule has 0 bridgehead atoms. The van der Waals surface area contributed by atoms with Crippen LogP contribution >= 0.6 is 0 Å². The Labute approximate surface area is 55.7 Å². The second kappa shape index (κ2) is 2.27. The van der Waals surface area contributed by atoms with Crippen LogP contribution in [0.5, 0.6) is 0 Å². The first kappa shape index (κ1) is 5.69. The molecule has 9 heavy (non-hydrogen) atoms. The van der Waals surface area contributed by atoms with Gasteiger partial charge in [0.2, 0.25) is 0 Å². The summed E-state index contributed by atoms with van der Waals surface area (Å²) in [5.41, 5.74) is 0. The Morgan fingerprint density at radius 2 is 2.22 bits per heavy atom. The molecule has 0 radical (unpaired) electrons. The third-order valence-corrected chi connectivity index (χ3v) is 2.28. The van der Waals surface area contributed by atoms with E-state index in [1.807, 2.05) is 0 Å². The molecule has 2 rings (SSSR count). The van der Waals surface area contributed by atoms with E-state index >= 15 is 0 Å². The van der Waals surface area contributed by atoms with Crippen LogP contribution in [0.25, 0.3) is 0 Å². The molecular formula is C7H13NO. The summed E-state index contributed by atoms with van der Waals surface area (Å²) in [4.78, 5) is 5.39. The number of hydrogen-bond donors (Lipinski definition) is 0. The third kappa shape index (κ3) is 0.970. The molecule has 2 heteroatoms. The second-order valence-corrected chi connectivity index (χ2v) is 2.91. The largest absolute Gasteiger partial charge is 0.299 e. The summed E-state index contributed by atoms with van der Waals surface area (Å²) < 4.78 is 0. The zero-order chi connectivity index (χ0) is 6.10. The molecule has 2 heterocycles. The van der Waals surface area contributed by atoms with Crippen LogP contribution in [0.3, 0.4) is 0 Å². The molecule has 0 aliphatic carbocycles. The van der Waals surface area contributed by atoms with E-state index < -0.39 is 0 Å². The van der Waals surface area contributed by atoms with Gasteiger partial charge in [-0.2, -0.15) is 5.06 Å². The number of fused-ring (bicyclic) bond motifs is 1. The highest BCUT2D eigenvalue weighted by Gasteiger charge is 2.27. The van der Waals surface area contributed by atoms with E-state index in [4.69, 9.17) is 4.84 Å². The van der Waals surface area contributed by atoms with Crippen molar-refractivity contribution < 1.29 is 4.84 Å². The minimum Gasteiger partial charge on any atom is -0.299 e. The lowest BCUT2D eigenvalue weighted by molar-refractivity contribution is -0.142. The van der Waals surface area contributed by atoms with Crippen LogP contribution in [-0.2, 0) is 4.84 Å². The van der Waals surface area contributed by atoms with Crippen LogP contribution in [0, 0.1) is 0 Å². The van der Waals surface area contributed by atoms with Crippen LogP contribution in [0.15, 0.2) is 0 Å². The highest BCUT2D eigenvalue weighted by molar-refractivity contribution is 4.74. The summed E-state index contributed by atoms with van der Waals surface area (Å²) in [6.45, 7) is 2.13. The molecule has 2 nitrogen and oxygen atoms in total. The van der Waals surface area contributed by atoms with Gasteiger partial charge in [-0.3, -0.25) is 4.84 Å². The Morgan fingerprint density at radius 1 is 1.22 bits per heavy atom. The van der Waals surface area contributed by atoms with Gasteiger partial charge in [0.15, 0.2) is 0 Å². The van der Waals surface area contributed by atoms with Crippen molar-refractivity contribution in [3.63, 3.8) is 0 Å². The van der Waals surface area contributed by atoms with E-state index in [0.29, 0.717) is 0 Å². The number of hydrogen-bond acceptors (Lipinski definition) is 2. The van der Waals surface area contributed by atoms with E-state index in [2.05, 4.69) is 5.06 Å². The SMILES string of the molecule is C1CCN2OCCC2C1. The molecule has 0 aromatic rings. The van der Waals surface area contributed by atoms with Crippen LogP contribution < -0.4 is 0 Å². The first-order chi connectivity index (χ1) is 4.47. The molecule has 52 valence electrons. The third-order valence-electron chi connectivity index (χ3n) is 2.28. The molecule has 0 aromatic heterocycles. The van der Waals surface area contributed by atoms with Gasteiger partial charge in [0.05, 0.1) is 6.61 Å². The van der Waals surface area contributed by atoms with Crippen molar-refractivity contribution in [1.29, 1.82) is 0 Å². The molecule has 2 aliphatic rings. The van der Waals surface area contributed by atoms with Gasteiger partial charge in [-0.05, 0) is 19.3 Å². The molecule has 0 aromatic carbocycles. The summed E-state index contributed by atoms with van der Waals surface area (Å²) in [5.74, 6) is 0. The van der Waals surface area contributed by atoms with Gasteiger partial charge in [0.1, 0.15) is 0 Å². The van der Waals surface area contributed by atoms with E-state index in [-0.39, 0.29) is 0 Å². The van der Waals surface area contributed by atoms with Gasteiger partial charge < -0.3 is 0 Å². The Morgan fingerprint density at radius 3 is 3.11 bits per heavy atom. The Bertz CT molecular complexity index is 93.1. The smallest absolute Gasteiger partial charge is 0.0701 e. The number of nitrogens with zero attached hydrogens (tertiary/aromatic N) is 1. The minimum atomic E-state index is 0.777. The summed E-state index contributed by atoms with van der Waals surface area (Å²) in [6.07, 6.45) is 5.36. The van der Waals surface area contributed by atoms with Crippen molar-refractivity contribution >= 4 is 0 Å². The molecular weight excluding hydrogens is 114 g/mol. The monoisotopic (exact) mass is 127 g/mol. The van der Waals surface area contributed by atoms with Crippen molar-refractivity contribution in [2.45, 2.75) is 31.7 Å². The molecule has 0 N–H and O–H groups in total. The van der Waals surface area contributed by atoms with E-state index in [0.717, 1.165) is 12.6 Å². The first-order valence-electron chi connectivity index (χ1n) is 3.86. The van der Waals surface area contributed by atoms with E-state index in [1.165, 1.54) is 32.2 Å². The quantitative estimate of drug-likeness (QED) is 0.484. The maximum atomic E-state index is 5.39. The topological polar surface area (TPSA) is 12.5 Å². The molecule has 1 unspecified atom stereocenters. The van der Waals surface area contributed by atoms with Gasteiger partial charge in [0, 0.05) is 12.6 Å². The van der Waals surface area contributed by atoms with Crippen molar-refractivity contribution in [3.8, 4) is 0 Å². The Hall–Kier alpha value is -0.0800. The van der Waals surface area contributed by atoms with Crippen molar-refractivity contribution in [2.75, 3.05) is 13.2 Å². The van der Waals surface area contributed by atoms with Crippen LogP contribution in [0.2, 0.25) is 0 Å². The Kier molecular flexibility index (Phi) is 1.44. The zero-order valence-electron chi connectivity index (χ0n) is 5.68. The lowest BCUT2D eigenvalue weighted by Gasteiger charge is -2.26. The zero-order valence-corrected chi connectivity index (χ0v) is 5.68. The average Bonchev–Trinajstić information content (AvgIpc) is 2.33. The maximum absolute atomic E-state index is 5.39. The van der Waals surface area contributed by atoms with Crippen LogP contribution in [0.1, 0.15) is 25.7 Å². The second-order valence-electron chi connectivity index (χ2n) is 2.91. The number of rotatable bonds is 0. The van der Waals surface area contributed by atoms with Crippen molar-refractivity contribution in [3.05, 3.63) is 0 Å². The first-order valence-corrected chi connectivity index (χ1v) is 3.86. The highest BCUT2D eigenvalue weighted by atomic mass is 16.7. The molecule has 2 fully saturated rings. The fourth-order valence-electron chi connectivity index (χ4n) is 1.74. The van der Waals surface area contributed by atoms with Gasteiger partial charge in [-0.1, -0.05) is 6.42 Å². The lowest BCUT2D eigenvalue weighted by atomic mass is 10.0. The van der Waals surface area contributed by atoms with Gasteiger partial charge in [0.25, 0.3) is 0 Å². The minimum absolute atomic E-state index is 0.777. The fourth-order valence-corrected chi connectivity index (χ4v) is 1.74. The number of hydroxylamine groups is 2. The summed E-state index contributed by atoms with van der Waals surface area (Å²) in [5, 5.41) is 2.17. The Balaban J connectivity index is 1.97.